The molecule has 1 saturated heterocycles. The Morgan fingerprint density at radius 2 is 1.76 bits per heavy atom. The maximum Gasteiger partial charge on any atom is 0.271 e. The number of nitrogens with zero attached hydrogens (tertiary/aromatic N) is 2. The minimum Gasteiger partial charge on any atom is -0.456 e. The summed E-state index contributed by atoms with van der Waals surface area (Å²) in [5, 5.41) is 11.8. The molecule has 3 rings (SSSR count). The van der Waals surface area contributed by atoms with E-state index in [-0.39, 0.29) is 41.1 Å². The Labute approximate surface area is 178 Å². The third kappa shape index (κ3) is 4.99. The number of nitro groups is 1. The molecule has 11 heteroatoms. The Kier molecular flexibility index (Phi) is 6.65. The van der Waals surface area contributed by atoms with E-state index in [1.807, 2.05) is 0 Å². The molecule has 0 atom stereocenters. The molecule has 2 aromatic rings. The summed E-state index contributed by atoms with van der Waals surface area (Å²) in [6, 6.07) is 7.89. The number of non-ortho nitro benzene ring substituents is 1. The lowest BCUT2D eigenvalue weighted by Gasteiger charge is -2.30. The van der Waals surface area contributed by atoms with Crippen molar-refractivity contribution >= 4 is 38.9 Å². The van der Waals surface area contributed by atoms with E-state index in [9.17, 15) is 18.5 Å². The van der Waals surface area contributed by atoms with Crippen molar-refractivity contribution in [3.8, 4) is 11.5 Å². The second-order valence-electron chi connectivity index (χ2n) is 6.68. The molecule has 1 heterocycles. The summed E-state index contributed by atoms with van der Waals surface area (Å²) >= 11 is 11.9. The fourth-order valence-electron chi connectivity index (χ4n) is 3.14. The fourth-order valence-corrected chi connectivity index (χ4v) is 5.24. The van der Waals surface area contributed by atoms with Gasteiger partial charge in [0, 0.05) is 35.3 Å². The highest BCUT2D eigenvalue weighted by atomic mass is 35.5. The standard InChI is InChI=1S/C18H19Cl2N3O5S/c19-13-7-14(20)9-16(8-13)28-17-2-1-15(23(24)25)10-18(17)29(26,27)22-5-3-12(11-21)4-6-22/h1-2,7-10,12H,3-6,11,21H2. The normalized spacial score (nSPS) is 16.0. The largest absolute Gasteiger partial charge is 0.456 e. The topological polar surface area (TPSA) is 116 Å². The first-order chi connectivity index (χ1) is 13.7. The predicted molar refractivity (Wildman–Crippen MR) is 110 cm³/mol. The molecular weight excluding hydrogens is 441 g/mol. The van der Waals surface area contributed by atoms with E-state index in [2.05, 4.69) is 0 Å². The average Bonchev–Trinajstić information content (AvgIpc) is 2.67. The molecule has 0 spiro atoms. The van der Waals surface area contributed by atoms with Gasteiger partial charge in [0.1, 0.15) is 16.4 Å². The maximum absolute atomic E-state index is 13.2. The van der Waals surface area contributed by atoms with E-state index >= 15 is 0 Å². The summed E-state index contributed by atoms with van der Waals surface area (Å²) in [5.74, 6) is 0.431. The van der Waals surface area contributed by atoms with Crippen molar-refractivity contribution in [1.82, 2.24) is 4.31 Å². The molecule has 0 saturated carbocycles. The zero-order chi connectivity index (χ0) is 21.2. The second kappa shape index (κ2) is 8.85. The molecule has 2 N–H and O–H groups in total. The molecule has 0 bridgehead atoms. The molecule has 29 heavy (non-hydrogen) atoms. The van der Waals surface area contributed by atoms with E-state index in [1.165, 1.54) is 34.6 Å². The van der Waals surface area contributed by atoms with Crippen molar-refractivity contribution in [1.29, 1.82) is 0 Å². The van der Waals surface area contributed by atoms with Crippen LogP contribution >= 0.6 is 23.2 Å². The van der Waals surface area contributed by atoms with Crippen LogP contribution in [0.4, 0.5) is 5.69 Å². The van der Waals surface area contributed by atoms with E-state index in [0.717, 1.165) is 6.07 Å². The van der Waals surface area contributed by atoms with Crippen LogP contribution in [-0.4, -0.2) is 37.3 Å². The van der Waals surface area contributed by atoms with Crippen LogP contribution in [0.5, 0.6) is 11.5 Å². The summed E-state index contributed by atoms with van der Waals surface area (Å²) in [5.41, 5.74) is 5.32. The van der Waals surface area contributed by atoms with Crippen LogP contribution in [0.3, 0.4) is 0 Å². The minimum absolute atomic E-state index is 0.0464. The lowest BCUT2D eigenvalue weighted by atomic mass is 9.99. The molecule has 8 nitrogen and oxygen atoms in total. The van der Waals surface area contributed by atoms with Gasteiger partial charge in [0.15, 0.2) is 0 Å². The Morgan fingerprint density at radius 1 is 1.14 bits per heavy atom. The second-order valence-corrected chi connectivity index (χ2v) is 9.46. The van der Waals surface area contributed by atoms with Gasteiger partial charge in [0.05, 0.1) is 4.92 Å². The van der Waals surface area contributed by atoms with Gasteiger partial charge in [0.2, 0.25) is 10.0 Å². The van der Waals surface area contributed by atoms with Crippen LogP contribution < -0.4 is 10.5 Å². The van der Waals surface area contributed by atoms with Gasteiger partial charge >= 0.3 is 0 Å². The molecule has 0 unspecified atom stereocenters. The van der Waals surface area contributed by atoms with E-state index in [1.54, 1.807) is 0 Å². The maximum atomic E-state index is 13.2. The van der Waals surface area contributed by atoms with Crippen molar-refractivity contribution in [3.63, 3.8) is 0 Å². The summed E-state index contributed by atoms with van der Waals surface area (Å²) in [7, 11) is -4.02. The van der Waals surface area contributed by atoms with Crippen LogP contribution in [0.25, 0.3) is 0 Å². The Morgan fingerprint density at radius 3 is 2.31 bits per heavy atom. The lowest BCUT2D eigenvalue weighted by Crippen LogP contribution is -2.40. The van der Waals surface area contributed by atoms with Gasteiger partial charge in [-0.15, -0.1) is 0 Å². The molecule has 2 aromatic carbocycles. The van der Waals surface area contributed by atoms with Gasteiger partial charge in [-0.3, -0.25) is 10.1 Å². The molecule has 0 aromatic heterocycles. The number of nitrogens with two attached hydrogens (primary N) is 1. The zero-order valence-electron chi connectivity index (χ0n) is 15.3. The van der Waals surface area contributed by atoms with Crippen molar-refractivity contribution in [2.45, 2.75) is 17.7 Å². The summed E-state index contributed by atoms with van der Waals surface area (Å²) in [6.07, 6.45) is 1.26. The smallest absolute Gasteiger partial charge is 0.271 e. The molecule has 1 fully saturated rings. The number of rotatable bonds is 6. The Bertz CT molecular complexity index is 1000. The first kappa shape index (κ1) is 21.8. The number of hydrogen-bond donors (Lipinski definition) is 1. The molecule has 0 aliphatic carbocycles. The van der Waals surface area contributed by atoms with Crippen molar-refractivity contribution in [2.24, 2.45) is 11.7 Å². The molecule has 0 amide bonds. The number of benzene rings is 2. The number of sulfonamides is 1. The quantitative estimate of drug-likeness (QED) is 0.514. The van der Waals surface area contributed by atoms with E-state index in [4.69, 9.17) is 33.7 Å². The Hall–Kier alpha value is -1.91. The zero-order valence-corrected chi connectivity index (χ0v) is 17.6. The number of nitro benzene ring substituents is 1. The van der Waals surface area contributed by atoms with Crippen molar-refractivity contribution in [3.05, 3.63) is 56.6 Å². The van der Waals surface area contributed by atoms with Gasteiger partial charge in [-0.05, 0) is 49.6 Å². The highest BCUT2D eigenvalue weighted by molar-refractivity contribution is 7.89. The lowest BCUT2D eigenvalue weighted by molar-refractivity contribution is -0.385. The highest BCUT2D eigenvalue weighted by Gasteiger charge is 2.33. The number of piperidine rings is 1. The Balaban J connectivity index is 2.01. The van der Waals surface area contributed by atoms with Gasteiger partial charge < -0.3 is 10.5 Å². The first-order valence-corrected chi connectivity index (χ1v) is 11.0. The fraction of sp³-hybridized carbons (Fsp3) is 0.333. The van der Waals surface area contributed by atoms with Crippen molar-refractivity contribution in [2.75, 3.05) is 19.6 Å². The minimum atomic E-state index is -4.02. The SMILES string of the molecule is NCC1CCN(S(=O)(=O)c2cc([N+](=O)[O-])ccc2Oc2cc(Cl)cc(Cl)c2)CC1. The summed E-state index contributed by atoms with van der Waals surface area (Å²) < 4.78 is 33.5. The van der Waals surface area contributed by atoms with Gasteiger partial charge in [-0.2, -0.15) is 4.31 Å². The van der Waals surface area contributed by atoms with Gasteiger partial charge in [0.25, 0.3) is 5.69 Å². The van der Waals surface area contributed by atoms with E-state index in [0.29, 0.717) is 29.4 Å². The predicted octanol–water partition coefficient (Wildman–Crippen LogP) is 4.05. The van der Waals surface area contributed by atoms with Crippen LogP contribution in [0.1, 0.15) is 12.8 Å². The average molecular weight is 460 g/mol. The number of hydrogen-bond acceptors (Lipinski definition) is 6. The van der Waals surface area contributed by atoms with Gasteiger partial charge in [-0.25, -0.2) is 8.42 Å². The van der Waals surface area contributed by atoms with Crippen molar-refractivity contribution < 1.29 is 18.1 Å². The van der Waals surface area contributed by atoms with Crippen LogP contribution in [-0.2, 0) is 10.0 Å². The van der Waals surface area contributed by atoms with E-state index < -0.39 is 14.9 Å². The summed E-state index contributed by atoms with van der Waals surface area (Å²) in [4.78, 5) is 10.3. The van der Waals surface area contributed by atoms with Crippen LogP contribution in [0, 0.1) is 16.0 Å². The number of ether oxygens (including phenoxy) is 1. The molecule has 0 radical (unpaired) electrons. The molecule has 1 aliphatic rings. The highest BCUT2D eigenvalue weighted by Crippen LogP contribution is 2.36. The molecule has 156 valence electrons. The van der Waals surface area contributed by atoms with Gasteiger partial charge in [-0.1, -0.05) is 23.2 Å². The monoisotopic (exact) mass is 459 g/mol. The number of halogens is 2. The molecular formula is C18H19Cl2N3O5S. The van der Waals surface area contributed by atoms with Crippen LogP contribution in [0.15, 0.2) is 41.3 Å². The van der Waals surface area contributed by atoms with Crippen LogP contribution in [0.2, 0.25) is 10.0 Å². The third-order valence-corrected chi connectivity index (χ3v) is 7.08. The molecule has 1 aliphatic heterocycles. The summed E-state index contributed by atoms with van der Waals surface area (Å²) in [6.45, 7) is 1.07. The third-order valence-electron chi connectivity index (χ3n) is 4.73. The first-order valence-electron chi connectivity index (χ1n) is 8.83.